The van der Waals surface area contributed by atoms with Crippen LogP contribution in [0.4, 0.5) is 34.1 Å². The highest BCUT2D eigenvalue weighted by molar-refractivity contribution is 6.09. The summed E-state index contributed by atoms with van der Waals surface area (Å²) in [4.78, 5) is 4.78. The van der Waals surface area contributed by atoms with Crippen molar-refractivity contribution in [2.24, 2.45) is 0 Å². The number of rotatable bonds is 7. The molecule has 1 heterocycles. The number of benzene rings is 10. The molecule has 0 radical (unpaired) electrons. The minimum Gasteiger partial charge on any atom is -0.457 e. The third-order valence-corrected chi connectivity index (χ3v) is 12.7. The number of fused-ring (bicyclic) bond motifs is 10. The molecule has 0 bridgehead atoms. The van der Waals surface area contributed by atoms with Crippen molar-refractivity contribution in [2.75, 3.05) is 9.80 Å². The van der Waals surface area contributed by atoms with Gasteiger partial charge in [-0.2, -0.15) is 0 Å². The second-order valence-electron chi connectivity index (χ2n) is 16.0. The molecular weight excluding hydrogens is 753 g/mol. The van der Waals surface area contributed by atoms with Gasteiger partial charge in [-0.15, -0.1) is 0 Å². The first-order valence-electron chi connectivity index (χ1n) is 21.3. The van der Waals surface area contributed by atoms with Crippen molar-refractivity contribution in [3.63, 3.8) is 0 Å². The summed E-state index contributed by atoms with van der Waals surface area (Å²) in [7, 11) is 0. The molecule has 0 saturated heterocycles. The Hall–Kier alpha value is -8.14. The van der Waals surface area contributed by atoms with Crippen molar-refractivity contribution in [1.29, 1.82) is 0 Å². The van der Waals surface area contributed by atoms with Crippen LogP contribution in [0.3, 0.4) is 0 Å². The molecule has 292 valence electrons. The quantitative estimate of drug-likeness (QED) is 0.160. The van der Waals surface area contributed by atoms with Gasteiger partial charge in [-0.3, -0.25) is 0 Å². The van der Waals surface area contributed by atoms with E-state index in [4.69, 9.17) is 4.74 Å². The average molecular weight is 793 g/mol. The van der Waals surface area contributed by atoms with Crippen LogP contribution in [-0.4, -0.2) is 0 Å². The van der Waals surface area contributed by atoms with Crippen molar-refractivity contribution in [3.05, 3.63) is 265 Å². The van der Waals surface area contributed by atoms with E-state index in [1.54, 1.807) is 0 Å². The molecule has 0 unspecified atom stereocenters. The van der Waals surface area contributed by atoms with Crippen LogP contribution in [0.15, 0.2) is 243 Å². The van der Waals surface area contributed by atoms with Crippen LogP contribution in [0.2, 0.25) is 0 Å². The van der Waals surface area contributed by atoms with Gasteiger partial charge in [-0.25, -0.2) is 0 Å². The molecule has 0 amide bonds. The average Bonchev–Trinajstić information content (AvgIpc) is 3.64. The summed E-state index contributed by atoms with van der Waals surface area (Å²) >= 11 is 0. The van der Waals surface area contributed by atoms with Gasteiger partial charge in [-0.1, -0.05) is 170 Å². The van der Waals surface area contributed by atoms with Crippen LogP contribution in [0, 0.1) is 0 Å². The molecule has 12 rings (SSSR count). The number of hydrogen-bond donors (Lipinski definition) is 0. The largest absolute Gasteiger partial charge is 0.457 e. The molecule has 1 spiro atoms. The Bertz CT molecular complexity index is 3150. The molecule has 10 aromatic carbocycles. The molecule has 1 aliphatic heterocycles. The van der Waals surface area contributed by atoms with Gasteiger partial charge in [0, 0.05) is 44.8 Å². The Labute approximate surface area is 362 Å². The van der Waals surface area contributed by atoms with E-state index >= 15 is 0 Å². The van der Waals surface area contributed by atoms with E-state index in [9.17, 15) is 0 Å². The van der Waals surface area contributed by atoms with E-state index in [-0.39, 0.29) is 0 Å². The summed E-state index contributed by atoms with van der Waals surface area (Å²) in [6, 6.07) is 87.5. The van der Waals surface area contributed by atoms with Crippen LogP contribution < -0.4 is 14.5 Å². The fraction of sp³-hybridized carbons (Fsp3) is 0.0169. The standard InChI is InChI=1S/C59H40N2O/c1-5-21-41(22-6-1)60(42-23-7-2-8-24-42)55-38-37-46(45-29-13-14-32-49(45)55)50-39-58-54(40-56(50)61(43-25-9-3-10-26-43)44-27-11-4-12-28-44)59(53-35-19-20-36-57(53)62-58)51-33-17-15-30-47(51)48-31-16-18-34-52(48)59/h1-40H. The summed E-state index contributed by atoms with van der Waals surface area (Å²) in [5, 5.41) is 2.29. The topological polar surface area (TPSA) is 15.7 Å². The molecule has 1 aliphatic carbocycles. The molecular formula is C59H40N2O. The van der Waals surface area contributed by atoms with Crippen molar-refractivity contribution in [2.45, 2.75) is 5.41 Å². The van der Waals surface area contributed by atoms with E-state index < -0.39 is 5.41 Å². The highest BCUT2D eigenvalue weighted by Crippen LogP contribution is 2.63. The Morgan fingerprint density at radius 3 is 1.26 bits per heavy atom. The minimum absolute atomic E-state index is 0.624. The van der Waals surface area contributed by atoms with Crippen LogP contribution in [0.25, 0.3) is 33.0 Å². The number of nitrogens with zero attached hydrogens (tertiary/aromatic N) is 2. The van der Waals surface area contributed by atoms with Gasteiger partial charge in [0.15, 0.2) is 0 Å². The summed E-state index contributed by atoms with van der Waals surface area (Å²) in [6.07, 6.45) is 0. The van der Waals surface area contributed by atoms with Crippen LogP contribution in [0.5, 0.6) is 11.5 Å². The maximum absolute atomic E-state index is 7.17. The second kappa shape index (κ2) is 14.5. The fourth-order valence-corrected chi connectivity index (χ4v) is 10.2. The molecule has 3 heteroatoms. The molecule has 2 aliphatic rings. The smallest absolute Gasteiger partial charge is 0.133 e. The molecule has 10 aromatic rings. The summed E-state index contributed by atoms with van der Waals surface area (Å²) in [6.45, 7) is 0. The minimum atomic E-state index is -0.624. The number of anilines is 6. The molecule has 3 nitrogen and oxygen atoms in total. The van der Waals surface area contributed by atoms with Crippen LogP contribution in [-0.2, 0) is 5.41 Å². The first kappa shape index (κ1) is 35.8. The molecule has 0 atom stereocenters. The van der Waals surface area contributed by atoms with Crippen molar-refractivity contribution in [1.82, 2.24) is 0 Å². The van der Waals surface area contributed by atoms with Crippen LogP contribution in [0.1, 0.15) is 22.3 Å². The SMILES string of the molecule is c1ccc(N(c2ccccc2)c2cc3c(cc2-c2ccc(N(c4ccccc4)c4ccccc4)c4ccccc24)Oc2ccccc2C32c3ccccc3-c3ccccc32)cc1. The van der Waals surface area contributed by atoms with E-state index in [2.05, 4.69) is 252 Å². The third kappa shape index (κ3) is 5.45. The zero-order valence-corrected chi connectivity index (χ0v) is 33.9. The summed E-state index contributed by atoms with van der Waals surface area (Å²) in [5.74, 6) is 1.72. The maximum Gasteiger partial charge on any atom is 0.133 e. The first-order valence-corrected chi connectivity index (χ1v) is 21.3. The monoisotopic (exact) mass is 792 g/mol. The Balaban J connectivity index is 1.19. The first-order chi connectivity index (χ1) is 30.8. The zero-order chi connectivity index (χ0) is 41.0. The maximum atomic E-state index is 7.17. The van der Waals surface area contributed by atoms with Crippen molar-refractivity contribution in [3.8, 4) is 33.8 Å². The molecule has 0 saturated carbocycles. The fourth-order valence-electron chi connectivity index (χ4n) is 10.2. The molecule has 62 heavy (non-hydrogen) atoms. The number of hydrogen-bond acceptors (Lipinski definition) is 3. The Morgan fingerprint density at radius 1 is 0.274 bits per heavy atom. The normalized spacial score (nSPS) is 12.8. The molecule has 0 N–H and O–H groups in total. The zero-order valence-electron chi connectivity index (χ0n) is 33.9. The lowest BCUT2D eigenvalue weighted by Crippen LogP contribution is -2.32. The lowest BCUT2D eigenvalue weighted by atomic mass is 9.65. The lowest BCUT2D eigenvalue weighted by molar-refractivity contribution is 0.436. The Kier molecular flexibility index (Phi) is 8.39. The third-order valence-electron chi connectivity index (χ3n) is 12.7. The van der Waals surface area contributed by atoms with Gasteiger partial charge >= 0.3 is 0 Å². The lowest BCUT2D eigenvalue weighted by Gasteiger charge is -2.41. The number of para-hydroxylation sites is 5. The predicted molar refractivity (Wildman–Crippen MR) is 256 cm³/mol. The van der Waals surface area contributed by atoms with Gasteiger partial charge < -0.3 is 14.5 Å². The summed E-state index contributed by atoms with van der Waals surface area (Å²) < 4.78 is 7.17. The predicted octanol–water partition coefficient (Wildman–Crippen LogP) is 15.9. The van der Waals surface area contributed by atoms with Crippen molar-refractivity contribution < 1.29 is 4.74 Å². The highest BCUT2D eigenvalue weighted by Gasteiger charge is 2.51. The molecule has 0 fully saturated rings. The Morgan fingerprint density at radius 2 is 0.710 bits per heavy atom. The van der Waals surface area contributed by atoms with Gasteiger partial charge in [0.1, 0.15) is 11.5 Å². The summed E-state index contributed by atoms with van der Waals surface area (Å²) in [5.41, 5.74) is 15.3. The van der Waals surface area contributed by atoms with Gasteiger partial charge in [0.25, 0.3) is 0 Å². The van der Waals surface area contributed by atoms with E-state index in [1.165, 1.54) is 22.3 Å². The number of ether oxygens (including phenoxy) is 1. The van der Waals surface area contributed by atoms with Gasteiger partial charge in [-0.05, 0) is 106 Å². The second-order valence-corrected chi connectivity index (χ2v) is 16.0. The van der Waals surface area contributed by atoms with Crippen molar-refractivity contribution >= 4 is 44.9 Å². The van der Waals surface area contributed by atoms with E-state index in [1.807, 2.05) is 0 Å². The van der Waals surface area contributed by atoms with E-state index in [0.717, 1.165) is 78.6 Å². The van der Waals surface area contributed by atoms with Gasteiger partial charge in [0.05, 0.1) is 16.8 Å². The van der Waals surface area contributed by atoms with Crippen LogP contribution >= 0.6 is 0 Å². The van der Waals surface area contributed by atoms with Gasteiger partial charge in [0.2, 0.25) is 0 Å². The van der Waals surface area contributed by atoms with E-state index in [0.29, 0.717) is 0 Å². The highest BCUT2D eigenvalue weighted by atomic mass is 16.5. The molecule has 0 aromatic heterocycles.